The minimum atomic E-state index is -0.252. The summed E-state index contributed by atoms with van der Waals surface area (Å²) < 4.78 is 14.4. The summed E-state index contributed by atoms with van der Waals surface area (Å²) in [4.78, 5) is 13.0. The molecule has 3 nitrogen and oxygen atoms in total. The Morgan fingerprint density at radius 1 is 1.17 bits per heavy atom. The molecule has 0 spiro atoms. The Bertz CT molecular complexity index is 547. The van der Waals surface area contributed by atoms with Crippen molar-refractivity contribution in [3.63, 3.8) is 0 Å². The van der Waals surface area contributed by atoms with Crippen molar-refractivity contribution in [2.45, 2.75) is 59.4 Å². The Balaban J connectivity index is 0.00000288. The Labute approximate surface area is 170 Å². The van der Waals surface area contributed by atoms with Gasteiger partial charge in [0.25, 0.3) is 5.91 Å². The van der Waals surface area contributed by atoms with Crippen LogP contribution in [0.4, 0.5) is 10.1 Å². The first kappa shape index (κ1) is 21.7. The Morgan fingerprint density at radius 2 is 1.71 bits per heavy atom. The number of nitrogens with zero attached hydrogens (tertiary/aromatic N) is 1. The quantitative estimate of drug-likeness (QED) is 0.726. The van der Waals surface area contributed by atoms with E-state index in [0.29, 0.717) is 0 Å². The van der Waals surface area contributed by atoms with Gasteiger partial charge in [0.05, 0.1) is 19.6 Å². The van der Waals surface area contributed by atoms with Crippen LogP contribution in [-0.2, 0) is 37.5 Å². The average molecular weight is 410 g/mol. The van der Waals surface area contributed by atoms with Gasteiger partial charge in [0, 0.05) is 44.8 Å². The topological polar surface area (TPSA) is 29.1 Å². The summed E-state index contributed by atoms with van der Waals surface area (Å²) in [6, 6.07) is 2.94. The van der Waals surface area contributed by atoms with E-state index in [0.717, 1.165) is 47.4 Å². The molecule has 1 unspecified atom stereocenters. The molecule has 1 heterocycles. The number of hydrogen-bond donors (Lipinski definition) is 1. The minimum Gasteiger partial charge on any atom is -0.320 e. The van der Waals surface area contributed by atoms with Crippen LogP contribution >= 0.6 is 0 Å². The van der Waals surface area contributed by atoms with E-state index in [9.17, 15) is 9.18 Å². The first-order valence-corrected chi connectivity index (χ1v) is 8.87. The van der Waals surface area contributed by atoms with Crippen LogP contribution in [0.25, 0.3) is 0 Å². The second-order valence-corrected chi connectivity index (χ2v) is 6.87. The van der Waals surface area contributed by atoms with Gasteiger partial charge in [-0.05, 0) is 63.3 Å². The zero-order chi connectivity index (χ0) is 17.0. The van der Waals surface area contributed by atoms with Gasteiger partial charge in [0.1, 0.15) is 5.82 Å². The molecule has 1 atom stereocenters. The van der Waals surface area contributed by atoms with Gasteiger partial charge in [0.15, 0.2) is 6.04 Å². The third-order valence-electron chi connectivity index (χ3n) is 5.43. The smallest absolute Gasteiger partial charge is 0.282 e. The molecule has 1 amide bonds. The number of piperidine rings is 1. The number of likely N-dealkylation sites (N-methyl/N-ethyl adjacent to an activating group) is 1. The summed E-state index contributed by atoms with van der Waals surface area (Å²) in [6.45, 7) is 11.1. The Hall–Kier alpha value is -0.316. The molecule has 2 rings (SSSR count). The van der Waals surface area contributed by atoms with Gasteiger partial charge in [-0.15, -0.1) is 0 Å². The summed E-state index contributed by atoms with van der Waals surface area (Å²) in [5.41, 5.74) is 2.33. The fourth-order valence-corrected chi connectivity index (χ4v) is 4.13. The molecule has 1 aliphatic rings. The van der Waals surface area contributed by atoms with E-state index >= 15 is 0 Å². The molecule has 0 saturated carbocycles. The maximum absolute atomic E-state index is 13.5. The van der Waals surface area contributed by atoms with Crippen LogP contribution in [0, 0.1) is 19.7 Å². The van der Waals surface area contributed by atoms with Crippen LogP contribution in [0.5, 0.6) is 0 Å². The van der Waals surface area contributed by atoms with E-state index in [4.69, 9.17) is 0 Å². The van der Waals surface area contributed by atoms with Gasteiger partial charge in [-0.1, -0.05) is 6.92 Å². The van der Waals surface area contributed by atoms with Gasteiger partial charge in [-0.3, -0.25) is 4.79 Å². The van der Waals surface area contributed by atoms with E-state index in [1.165, 1.54) is 31.4 Å². The van der Waals surface area contributed by atoms with E-state index < -0.39 is 0 Å². The second kappa shape index (κ2) is 9.40. The number of carbonyl (C=O) groups excluding carboxylic acids is 1. The van der Waals surface area contributed by atoms with Gasteiger partial charge in [-0.2, -0.15) is 0 Å². The number of benzene rings is 1. The number of hydrogen-bond acceptors (Lipinski definition) is 1. The third kappa shape index (κ3) is 4.65. The number of anilines is 1. The normalized spacial score (nSPS) is 17.7. The predicted octanol–water partition coefficient (Wildman–Crippen LogP) is 4.18. The van der Waals surface area contributed by atoms with E-state index in [-0.39, 0.29) is 50.5 Å². The fourth-order valence-electron chi connectivity index (χ4n) is 4.13. The molecule has 0 bridgehead atoms. The fraction of sp³-hybridized carbons (Fsp3) is 0.632. The first-order valence-electron chi connectivity index (χ1n) is 8.87. The minimum absolute atomic E-state index is 0. The van der Waals surface area contributed by atoms with Crippen LogP contribution in [0.15, 0.2) is 12.1 Å². The van der Waals surface area contributed by atoms with E-state index in [2.05, 4.69) is 19.2 Å². The van der Waals surface area contributed by atoms with E-state index in [1.807, 2.05) is 13.8 Å². The average Bonchev–Trinajstić information content (AvgIpc) is 2.52. The summed E-state index contributed by atoms with van der Waals surface area (Å²) in [6.07, 6.45) is 4.51. The molecule has 1 N–H and O–H groups in total. The third-order valence-corrected chi connectivity index (χ3v) is 5.43. The van der Waals surface area contributed by atoms with Crippen molar-refractivity contribution in [3.05, 3.63) is 29.1 Å². The maximum atomic E-state index is 13.5. The van der Waals surface area contributed by atoms with Crippen LogP contribution in [0.3, 0.4) is 0 Å². The van der Waals surface area contributed by atoms with Gasteiger partial charge in [-0.25, -0.2) is 4.39 Å². The maximum Gasteiger partial charge on any atom is 0.282 e. The van der Waals surface area contributed by atoms with Crippen molar-refractivity contribution in [3.8, 4) is 0 Å². The molecular weight excluding hydrogens is 380 g/mol. The van der Waals surface area contributed by atoms with Gasteiger partial charge >= 0.3 is 0 Å². The number of likely N-dealkylation sites (tertiary alicyclic amines) is 1. The largest absolute Gasteiger partial charge is 0.320 e. The van der Waals surface area contributed by atoms with Crippen molar-refractivity contribution in [2.75, 3.05) is 25.0 Å². The molecule has 0 aliphatic carbocycles. The monoisotopic (exact) mass is 410 g/mol. The summed E-state index contributed by atoms with van der Waals surface area (Å²) >= 11 is 0. The van der Waals surface area contributed by atoms with E-state index in [1.54, 1.807) is 0 Å². The Kier molecular flexibility index (Phi) is 8.51. The molecule has 1 aromatic carbocycles. The van der Waals surface area contributed by atoms with Crippen LogP contribution in [-0.4, -0.2) is 36.1 Å². The molecule has 0 aromatic heterocycles. The molecule has 1 aliphatic heterocycles. The molecule has 5 heteroatoms. The van der Waals surface area contributed by atoms with Crippen molar-refractivity contribution in [1.29, 1.82) is 0 Å². The molecule has 131 valence electrons. The number of halogens is 1. The number of quaternary nitrogens is 1. The summed E-state index contributed by atoms with van der Waals surface area (Å²) in [5.74, 6) is -0.174. The summed E-state index contributed by atoms with van der Waals surface area (Å²) in [5, 5.41) is 3.09. The predicted molar refractivity (Wildman–Crippen MR) is 93.0 cm³/mol. The van der Waals surface area contributed by atoms with Crippen LogP contribution in [0.1, 0.15) is 50.7 Å². The van der Waals surface area contributed by atoms with Gasteiger partial charge in [0.2, 0.25) is 0 Å². The van der Waals surface area contributed by atoms with Gasteiger partial charge < -0.3 is 9.80 Å². The number of amides is 1. The molecule has 24 heavy (non-hydrogen) atoms. The first-order chi connectivity index (χ1) is 10.9. The number of aryl methyl sites for hydroxylation is 2. The number of nitrogens with one attached hydrogen (secondary N) is 1. The van der Waals surface area contributed by atoms with Crippen molar-refractivity contribution in [2.24, 2.45) is 0 Å². The zero-order valence-electron chi connectivity index (χ0n) is 15.5. The van der Waals surface area contributed by atoms with Crippen molar-refractivity contribution >= 4 is 11.6 Å². The molecule has 1 saturated heterocycles. The zero-order valence-corrected chi connectivity index (χ0v) is 18.3. The number of rotatable bonds is 5. The van der Waals surface area contributed by atoms with Crippen LogP contribution < -0.4 is 5.32 Å². The van der Waals surface area contributed by atoms with Crippen molar-refractivity contribution in [1.82, 2.24) is 0 Å². The molecule has 1 radical (unpaired) electrons. The standard InChI is InChI=1S/C19H29FN2O.Y/c1-5-17(22(6-2)10-8-7-9-11-22)19(23)21-18-14(3)12-16(20)13-15(18)4;/h12-13,17H,5-11H2,1-4H3;/p+1. The summed E-state index contributed by atoms with van der Waals surface area (Å²) in [7, 11) is 0. The SMILES string of the molecule is CCC(C(=O)Nc1c(C)cc(F)cc1C)[N+]1(CC)CCCCC1.[Y]. The van der Waals surface area contributed by atoms with Crippen molar-refractivity contribution < 1.29 is 46.4 Å². The van der Waals surface area contributed by atoms with Crippen LogP contribution in [0.2, 0.25) is 0 Å². The molecule has 1 aromatic rings. The molecule has 1 fully saturated rings. The Morgan fingerprint density at radius 3 is 2.17 bits per heavy atom. The second-order valence-electron chi connectivity index (χ2n) is 6.87. The molecular formula is C19H30FN2OY+. The number of carbonyl (C=O) groups is 1.